The van der Waals surface area contributed by atoms with Crippen LogP contribution in [0.4, 0.5) is 4.79 Å². The SMILES string of the molecule is CC(C)Oc1ccc(-c2ncc(-c3cccc4c3CC[C@H]4NC(=O)N3CCC[C@@H](C)C3)s2)cc1C#N. The van der Waals surface area contributed by atoms with Crippen molar-refractivity contribution < 1.29 is 9.53 Å². The Labute approximate surface area is 216 Å². The molecule has 2 aromatic carbocycles. The van der Waals surface area contributed by atoms with Gasteiger partial charge in [-0.3, -0.25) is 0 Å². The number of nitrogens with zero attached hydrogens (tertiary/aromatic N) is 3. The van der Waals surface area contributed by atoms with Crippen molar-refractivity contribution in [2.24, 2.45) is 5.92 Å². The molecule has 3 aromatic rings. The van der Waals surface area contributed by atoms with Gasteiger partial charge in [0.15, 0.2) is 0 Å². The Hall–Kier alpha value is -3.37. The van der Waals surface area contributed by atoms with Gasteiger partial charge in [-0.15, -0.1) is 11.3 Å². The number of carbonyl (C=O) groups excluding carboxylic acids is 1. The van der Waals surface area contributed by atoms with E-state index in [1.54, 1.807) is 11.3 Å². The lowest BCUT2D eigenvalue weighted by Gasteiger charge is -2.32. The quantitative estimate of drug-likeness (QED) is 0.430. The number of piperidine rings is 1. The highest BCUT2D eigenvalue weighted by molar-refractivity contribution is 7.18. The van der Waals surface area contributed by atoms with Crippen molar-refractivity contribution in [3.05, 3.63) is 59.3 Å². The van der Waals surface area contributed by atoms with E-state index >= 15 is 0 Å². The van der Waals surface area contributed by atoms with Crippen LogP contribution >= 0.6 is 11.3 Å². The number of carbonyl (C=O) groups is 1. The summed E-state index contributed by atoms with van der Waals surface area (Å²) in [5.74, 6) is 1.16. The normalized spacial score (nSPS) is 19.1. The highest BCUT2D eigenvalue weighted by Gasteiger charge is 2.29. The average Bonchev–Trinajstić information content (AvgIpc) is 3.52. The van der Waals surface area contributed by atoms with Crippen LogP contribution in [0.3, 0.4) is 0 Å². The first-order valence-corrected chi connectivity index (χ1v) is 13.6. The lowest BCUT2D eigenvalue weighted by atomic mass is 10.0. The molecule has 1 N–H and O–H groups in total. The van der Waals surface area contributed by atoms with Crippen molar-refractivity contribution in [1.29, 1.82) is 5.26 Å². The average molecular weight is 501 g/mol. The van der Waals surface area contributed by atoms with Crippen LogP contribution < -0.4 is 10.1 Å². The number of urea groups is 1. The second-order valence-electron chi connectivity index (χ2n) is 10.1. The van der Waals surface area contributed by atoms with Crippen LogP contribution in [0, 0.1) is 17.2 Å². The van der Waals surface area contributed by atoms with Gasteiger partial charge in [0.1, 0.15) is 16.8 Å². The number of ether oxygens (including phenoxy) is 1. The van der Waals surface area contributed by atoms with E-state index in [2.05, 4.69) is 41.5 Å². The summed E-state index contributed by atoms with van der Waals surface area (Å²) < 4.78 is 5.76. The number of hydrogen-bond donors (Lipinski definition) is 1. The molecule has 2 heterocycles. The molecule has 1 aliphatic heterocycles. The van der Waals surface area contributed by atoms with E-state index in [1.165, 1.54) is 23.1 Å². The van der Waals surface area contributed by atoms with Crippen LogP contribution in [0.2, 0.25) is 0 Å². The third-order valence-electron chi connectivity index (χ3n) is 6.99. The summed E-state index contributed by atoms with van der Waals surface area (Å²) in [5, 5.41) is 13.8. The fourth-order valence-electron chi connectivity index (χ4n) is 5.29. The zero-order chi connectivity index (χ0) is 25.2. The number of thiazole rings is 1. The first kappa shape index (κ1) is 24.3. The van der Waals surface area contributed by atoms with E-state index in [0.29, 0.717) is 17.2 Å². The number of hydrogen-bond acceptors (Lipinski definition) is 5. The summed E-state index contributed by atoms with van der Waals surface area (Å²) in [4.78, 5) is 20.7. The largest absolute Gasteiger partial charge is 0.490 e. The van der Waals surface area contributed by atoms with Crippen LogP contribution in [0.25, 0.3) is 21.0 Å². The molecular formula is C29H32N4O2S. The van der Waals surface area contributed by atoms with Crippen molar-refractivity contribution in [3.63, 3.8) is 0 Å². The highest BCUT2D eigenvalue weighted by atomic mass is 32.1. The molecule has 1 aliphatic carbocycles. The molecule has 0 unspecified atom stereocenters. The summed E-state index contributed by atoms with van der Waals surface area (Å²) in [6.07, 6.45) is 6.05. The number of likely N-dealkylation sites (tertiary alicyclic amines) is 1. The number of nitrogens with one attached hydrogen (secondary N) is 1. The molecule has 0 radical (unpaired) electrons. The molecule has 0 bridgehead atoms. The van der Waals surface area contributed by atoms with Gasteiger partial charge < -0.3 is 15.0 Å². The second kappa shape index (κ2) is 10.3. The third kappa shape index (κ3) is 4.96. The van der Waals surface area contributed by atoms with E-state index in [0.717, 1.165) is 47.8 Å². The summed E-state index contributed by atoms with van der Waals surface area (Å²) in [7, 11) is 0. The first-order chi connectivity index (χ1) is 17.4. The van der Waals surface area contributed by atoms with E-state index < -0.39 is 0 Å². The Kier molecular flexibility index (Phi) is 6.97. The molecule has 0 spiro atoms. The molecular weight excluding hydrogens is 468 g/mol. The van der Waals surface area contributed by atoms with Gasteiger partial charge in [-0.05, 0) is 80.3 Å². The molecule has 36 heavy (non-hydrogen) atoms. The monoisotopic (exact) mass is 500 g/mol. The van der Waals surface area contributed by atoms with Crippen LogP contribution in [-0.2, 0) is 6.42 Å². The molecule has 1 saturated heterocycles. The maximum absolute atomic E-state index is 12.9. The molecule has 2 amide bonds. The number of rotatable bonds is 5. The minimum atomic E-state index is 0.00612. The predicted molar refractivity (Wildman–Crippen MR) is 143 cm³/mol. The zero-order valence-corrected chi connectivity index (χ0v) is 21.9. The van der Waals surface area contributed by atoms with Gasteiger partial charge in [-0.2, -0.15) is 5.26 Å². The Balaban J connectivity index is 1.36. The van der Waals surface area contributed by atoms with Crippen LogP contribution in [0.5, 0.6) is 5.75 Å². The van der Waals surface area contributed by atoms with Crippen molar-refractivity contribution in [1.82, 2.24) is 15.2 Å². The fourth-order valence-corrected chi connectivity index (χ4v) is 6.25. The van der Waals surface area contributed by atoms with E-state index in [1.807, 2.05) is 43.1 Å². The maximum atomic E-state index is 12.9. The highest BCUT2D eigenvalue weighted by Crippen LogP contribution is 2.41. The molecule has 186 valence electrons. The van der Waals surface area contributed by atoms with E-state index in [4.69, 9.17) is 4.74 Å². The maximum Gasteiger partial charge on any atom is 0.317 e. The summed E-state index contributed by atoms with van der Waals surface area (Å²) in [5.41, 5.74) is 5.11. The molecule has 1 aromatic heterocycles. The van der Waals surface area contributed by atoms with Gasteiger partial charge in [0.25, 0.3) is 0 Å². The van der Waals surface area contributed by atoms with Gasteiger partial charge in [-0.1, -0.05) is 25.1 Å². The Morgan fingerprint density at radius 1 is 1.28 bits per heavy atom. The minimum absolute atomic E-state index is 0.00612. The topological polar surface area (TPSA) is 78.2 Å². The number of nitriles is 1. The third-order valence-corrected chi connectivity index (χ3v) is 8.07. The lowest BCUT2D eigenvalue weighted by molar-refractivity contribution is 0.166. The van der Waals surface area contributed by atoms with Crippen molar-refractivity contribution in [2.75, 3.05) is 13.1 Å². The second-order valence-corrected chi connectivity index (χ2v) is 11.2. The van der Waals surface area contributed by atoms with E-state index in [-0.39, 0.29) is 18.2 Å². The molecule has 1 fully saturated rings. The Morgan fingerprint density at radius 2 is 2.14 bits per heavy atom. The lowest BCUT2D eigenvalue weighted by Crippen LogP contribution is -2.45. The Bertz CT molecular complexity index is 1310. The molecule has 2 atom stereocenters. The smallest absolute Gasteiger partial charge is 0.317 e. The molecule has 7 heteroatoms. The number of amides is 2. The van der Waals surface area contributed by atoms with E-state index in [9.17, 15) is 10.1 Å². The first-order valence-electron chi connectivity index (χ1n) is 12.8. The molecule has 2 aliphatic rings. The number of aromatic nitrogens is 1. The van der Waals surface area contributed by atoms with Crippen LogP contribution in [0.1, 0.15) is 62.8 Å². The van der Waals surface area contributed by atoms with Gasteiger partial charge >= 0.3 is 6.03 Å². The van der Waals surface area contributed by atoms with Gasteiger partial charge in [-0.25, -0.2) is 9.78 Å². The summed E-state index contributed by atoms with van der Waals surface area (Å²) in [6, 6.07) is 14.4. The molecule has 6 nitrogen and oxygen atoms in total. The molecule has 5 rings (SSSR count). The van der Waals surface area contributed by atoms with Crippen LogP contribution in [-0.4, -0.2) is 35.1 Å². The standard InChI is InChI=1S/C29H32N4O2S/c1-18(2)35-26-12-9-20(14-21(26)15-30)28-31-16-27(36-28)24-8-4-7-23-22(24)10-11-25(23)32-29(34)33-13-5-6-19(3)17-33/h4,7-9,12,14,16,18-19,25H,5-6,10-11,13,17H2,1-3H3,(H,32,34)/t19-,25-/m1/s1. The predicted octanol–water partition coefficient (Wildman–Crippen LogP) is 6.56. The fraction of sp³-hybridized carbons (Fsp3) is 0.414. The summed E-state index contributed by atoms with van der Waals surface area (Å²) >= 11 is 1.63. The van der Waals surface area contributed by atoms with Crippen molar-refractivity contribution >= 4 is 17.4 Å². The van der Waals surface area contributed by atoms with Crippen molar-refractivity contribution in [2.45, 2.75) is 58.6 Å². The number of fused-ring (bicyclic) bond motifs is 1. The van der Waals surface area contributed by atoms with Gasteiger partial charge in [0.2, 0.25) is 0 Å². The zero-order valence-electron chi connectivity index (χ0n) is 21.1. The minimum Gasteiger partial charge on any atom is -0.490 e. The van der Waals surface area contributed by atoms with Gasteiger partial charge in [0, 0.05) is 24.8 Å². The van der Waals surface area contributed by atoms with Crippen LogP contribution in [0.15, 0.2) is 42.6 Å². The number of benzene rings is 2. The summed E-state index contributed by atoms with van der Waals surface area (Å²) in [6.45, 7) is 7.80. The van der Waals surface area contributed by atoms with Gasteiger partial charge in [0.05, 0.1) is 22.6 Å². The molecule has 0 saturated carbocycles. The van der Waals surface area contributed by atoms with Crippen molar-refractivity contribution in [3.8, 4) is 32.8 Å². The Morgan fingerprint density at radius 3 is 2.92 bits per heavy atom.